The van der Waals surface area contributed by atoms with Gasteiger partial charge in [0.05, 0.1) is 22.4 Å². The van der Waals surface area contributed by atoms with Gasteiger partial charge in [-0.2, -0.15) is 0 Å². The van der Waals surface area contributed by atoms with E-state index in [4.69, 9.17) is 9.72 Å². The van der Waals surface area contributed by atoms with Crippen LogP contribution in [0.5, 0.6) is 5.75 Å². The molecule has 0 saturated heterocycles. The summed E-state index contributed by atoms with van der Waals surface area (Å²) in [5, 5.41) is 11.9. The van der Waals surface area contributed by atoms with Crippen molar-refractivity contribution in [2.24, 2.45) is 5.92 Å². The van der Waals surface area contributed by atoms with Crippen molar-refractivity contribution < 1.29 is 14.6 Å². The predicted octanol–water partition coefficient (Wildman–Crippen LogP) is 7.27. The lowest BCUT2D eigenvalue weighted by molar-refractivity contribution is -0.143. The number of carbonyl (C=O) groups excluding carboxylic acids is 1. The molecule has 172 valence electrons. The number of nitrogens with zero attached hydrogens (tertiary/aromatic N) is 1. The number of fused-ring (bicyclic) bond motifs is 1. The van der Waals surface area contributed by atoms with Gasteiger partial charge in [0, 0.05) is 12.0 Å². The summed E-state index contributed by atoms with van der Waals surface area (Å²) in [7, 11) is 0. The van der Waals surface area contributed by atoms with E-state index in [-0.39, 0.29) is 17.1 Å². The molecule has 3 aromatic rings. The van der Waals surface area contributed by atoms with Crippen LogP contribution in [0.25, 0.3) is 20.8 Å². The first-order valence-corrected chi connectivity index (χ1v) is 12.4. The molecule has 32 heavy (non-hydrogen) atoms. The van der Waals surface area contributed by atoms with Gasteiger partial charge in [-0.25, -0.2) is 4.98 Å². The van der Waals surface area contributed by atoms with Crippen LogP contribution in [0.3, 0.4) is 0 Å². The lowest BCUT2D eigenvalue weighted by Crippen LogP contribution is -2.13. The van der Waals surface area contributed by atoms with Crippen LogP contribution in [-0.4, -0.2) is 22.7 Å². The molecule has 0 aliphatic heterocycles. The van der Waals surface area contributed by atoms with E-state index >= 15 is 0 Å². The molecule has 0 spiro atoms. The van der Waals surface area contributed by atoms with Crippen LogP contribution in [0.2, 0.25) is 0 Å². The van der Waals surface area contributed by atoms with Crippen molar-refractivity contribution in [2.75, 3.05) is 6.61 Å². The van der Waals surface area contributed by atoms with E-state index in [1.165, 1.54) is 0 Å². The number of aryl methyl sites for hydroxylation is 1. The summed E-state index contributed by atoms with van der Waals surface area (Å²) in [5.41, 5.74) is 3.30. The third-order valence-corrected chi connectivity index (χ3v) is 6.99. The van der Waals surface area contributed by atoms with Gasteiger partial charge < -0.3 is 9.84 Å². The zero-order valence-electron chi connectivity index (χ0n) is 19.9. The average molecular weight is 454 g/mol. The number of phenolic OH excluding ortho intramolecular Hbond substituents is 1. The summed E-state index contributed by atoms with van der Waals surface area (Å²) in [5.74, 6) is 0.774. The highest BCUT2D eigenvalue weighted by atomic mass is 32.1. The highest BCUT2D eigenvalue weighted by molar-refractivity contribution is 7.21. The summed E-state index contributed by atoms with van der Waals surface area (Å²) in [4.78, 5) is 17.0. The second-order valence-electron chi connectivity index (χ2n) is 9.65. The molecule has 0 saturated carbocycles. The van der Waals surface area contributed by atoms with Gasteiger partial charge in [0.25, 0.3) is 0 Å². The van der Waals surface area contributed by atoms with Crippen molar-refractivity contribution in [1.29, 1.82) is 0 Å². The zero-order valence-corrected chi connectivity index (χ0v) is 20.7. The highest BCUT2D eigenvalue weighted by Gasteiger charge is 2.23. The minimum atomic E-state index is -0.234. The Morgan fingerprint density at radius 2 is 1.97 bits per heavy atom. The van der Waals surface area contributed by atoms with Crippen molar-refractivity contribution in [2.45, 2.75) is 72.1 Å². The second-order valence-corrected chi connectivity index (χ2v) is 10.7. The van der Waals surface area contributed by atoms with E-state index in [9.17, 15) is 9.90 Å². The number of thiazole rings is 1. The maximum absolute atomic E-state index is 12.3. The van der Waals surface area contributed by atoms with Gasteiger partial charge in [0.15, 0.2) is 0 Å². The van der Waals surface area contributed by atoms with E-state index in [1.807, 2.05) is 36.4 Å². The Labute approximate surface area is 195 Å². The number of esters is 1. The summed E-state index contributed by atoms with van der Waals surface area (Å²) >= 11 is 1.57. The fourth-order valence-corrected chi connectivity index (χ4v) is 4.68. The molecule has 5 heteroatoms. The summed E-state index contributed by atoms with van der Waals surface area (Å²) in [6, 6.07) is 12.0. The molecule has 4 nitrogen and oxygen atoms in total. The Morgan fingerprint density at radius 1 is 1.22 bits per heavy atom. The maximum Gasteiger partial charge on any atom is 0.306 e. The minimum absolute atomic E-state index is 0.166. The second kappa shape index (κ2) is 10.5. The third kappa shape index (κ3) is 6.10. The average Bonchev–Trinajstić information content (AvgIpc) is 3.19. The fraction of sp³-hybridized carbons (Fsp3) is 0.481. The van der Waals surface area contributed by atoms with Crippen LogP contribution in [0.15, 0.2) is 36.4 Å². The molecule has 0 aliphatic carbocycles. The van der Waals surface area contributed by atoms with Crippen LogP contribution < -0.4 is 0 Å². The zero-order chi connectivity index (χ0) is 23.3. The van der Waals surface area contributed by atoms with Gasteiger partial charge >= 0.3 is 5.97 Å². The monoisotopic (exact) mass is 453 g/mol. The normalized spacial score (nSPS) is 12.8. The summed E-state index contributed by atoms with van der Waals surface area (Å²) in [6.07, 6.45) is 4.06. The van der Waals surface area contributed by atoms with E-state index in [2.05, 4.69) is 34.6 Å². The van der Waals surface area contributed by atoms with Crippen LogP contribution in [0.4, 0.5) is 0 Å². The summed E-state index contributed by atoms with van der Waals surface area (Å²) < 4.78 is 6.52. The summed E-state index contributed by atoms with van der Waals surface area (Å²) in [6.45, 7) is 11.1. The van der Waals surface area contributed by atoms with Gasteiger partial charge in [0.2, 0.25) is 0 Å². The van der Waals surface area contributed by atoms with Crippen LogP contribution in [-0.2, 0) is 21.4 Å². The first-order valence-electron chi connectivity index (χ1n) is 11.6. The minimum Gasteiger partial charge on any atom is -0.507 e. The van der Waals surface area contributed by atoms with Crippen LogP contribution in [0, 0.1) is 5.92 Å². The molecule has 3 rings (SSSR count). The molecule has 1 N–H and O–H groups in total. The number of hydrogen-bond donors (Lipinski definition) is 1. The topological polar surface area (TPSA) is 59.4 Å². The van der Waals surface area contributed by atoms with E-state index in [0.717, 1.165) is 51.2 Å². The Kier molecular flexibility index (Phi) is 7.94. The molecule has 1 aromatic heterocycles. The molecule has 0 radical (unpaired) electrons. The van der Waals surface area contributed by atoms with Gasteiger partial charge in [-0.3, -0.25) is 4.79 Å². The number of aromatic hydroxyl groups is 1. The van der Waals surface area contributed by atoms with Gasteiger partial charge in [-0.1, -0.05) is 59.2 Å². The quantitative estimate of drug-likeness (QED) is 0.273. The fourth-order valence-electron chi connectivity index (χ4n) is 3.70. The van der Waals surface area contributed by atoms with Gasteiger partial charge in [0.1, 0.15) is 10.8 Å². The van der Waals surface area contributed by atoms with Crippen LogP contribution in [0.1, 0.15) is 71.4 Å². The van der Waals surface area contributed by atoms with Crippen molar-refractivity contribution >= 4 is 27.5 Å². The number of para-hydroxylation sites is 1. The molecule has 2 aromatic carbocycles. The number of hydrogen-bond acceptors (Lipinski definition) is 5. The SMILES string of the molecule is CCC(C)CCCOC(=O)CCc1cc(-c2nc3ccccc3s2)c(O)c(C(C)(C)C)c1. The Bertz CT molecular complexity index is 1030. The molecule has 0 fully saturated rings. The molecular formula is C27H35NO3S. The van der Waals surface area contributed by atoms with E-state index in [1.54, 1.807) is 11.3 Å². The number of aromatic nitrogens is 1. The maximum atomic E-state index is 12.3. The number of benzene rings is 2. The molecule has 1 unspecified atom stereocenters. The number of rotatable bonds is 9. The Morgan fingerprint density at radius 3 is 2.66 bits per heavy atom. The molecule has 1 heterocycles. The van der Waals surface area contributed by atoms with Gasteiger partial charge in [-0.15, -0.1) is 11.3 Å². The Balaban J connectivity index is 1.77. The molecule has 0 aliphatic rings. The van der Waals surface area contributed by atoms with E-state index in [0.29, 0.717) is 25.4 Å². The molecule has 0 amide bonds. The van der Waals surface area contributed by atoms with Crippen molar-refractivity contribution in [3.63, 3.8) is 0 Å². The molecule has 1 atom stereocenters. The first-order chi connectivity index (χ1) is 15.2. The first kappa shape index (κ1) is 24.2. The van der Waals surface area contributed by atoms with E-state index < -0.39 is 0 Å². The molecule has 0 bridgehead atoms. The predicted molar refractivity (Wildman–Crippen MR) is 133 cm³/mol. The largest absolute Gasteiger partial charge is 0.507 e. The van der Waals surface area contributed by atoms with Crippen LogP contribution >= 0.6 is 11.3 Å². The lowest BCUT2D eigenvalue weighted by Gasteiger charge is -2.23. The number of carbonyl (C=O) groups is 1. The Hall–Kier alpha value is -2.40. The molecular weight excluding hydrogens is 418 g/mol. The highest BCUT2D eigenvalue weighted by Crippen LogP contribution is 2.42. The van der Waals surface area contributed by atoms with Crippen molar-refractivity contribution in [3.8, 4) is 16.3 Å². The number of phenols is 1. The standard InChI is InChI=1S/C27H35NO3S/c1-6-18(2)10-9-15-31-24(29)14-13-19-16-20(25(30)21(17-19)27(3,4)5)26-28-22-11-7-8-12-23(22)32-26/h7-8,11-12,16-18,30H,6,9-10,13-15H2,1-5H3. The smallest absolute Gasteiger partial charge is 0.306 e. The van der Waals surface area contributed by atoms with Gasteiger partial charge in [-0.05, 0) is 54.4 Å². The van der Waals surface area contributed by atoms with Crippen molar-refractivity contribution in [3.05, 3.63) is 47.5 Å². The number of ether oxygens (including phenoxy) is 1. The lowest BCUT2D eigenvalue weighted by atomic mass is 9.83. The van der Waals surface area contributed by atoms with Crippen molar-refractivity contribution in [1.82, 2.24) is 4.98 Å². The third-order valence-electron chi connectivity index (χ3n) is 5.92.